The number of carbonyl (C=O) groups excluding carboxylic acids is 1. The third-order valence-electron chi connectivity index (χ3n) is 8.14. The van der Waals surface area contributed by atoms with Crippen LogP contribution < -0.4 is 14.5 Å². The van der Waals surface area contributed by atoms with Crippen molar-refractivity contribution in [2.75, 3.05) is 48.5 Å². The highest BCUT2D eigenvalue weighted by atomic mass is 35.5. The van der Waals surface area contributed by atoms with Crippen LogP contribution >= 0.6 is 23.2 Å². The summed E-state index contributed by atoms with van der Waals surface area (Å²) < 4.78 is 29.8. The van der Waals surface area contributed by atoms with Crippen molar-refractivity contribution in [3.63, 3.8) is 0 Å². The number of fused-ring (bicyclic) bond motifs is 3. The summed E-state index contributed by atoms with van der Waals surface area (Å²) in [7, 11) is -3.95. The molecule has 0 radical (unpaired) electrons. The molecule has 0 saturated carbocycles. The van der Waals surface area contributed by atoms with Crippen molar-refractivity contribution in [1.82, 2.24) is 15.2 Å². The van der Waals surface area contributed by atoms with Crippen molar-refractivity contribution in [2.45, 2.75) is 18.2 Å². The Morgan fingerprint density at radius 1 is 0.864 bits per heavy atom. The number of rotatable bonds is 9. The second kappa shape index (κ2) is 13.2. The maximum absolute atomic E-state index is 14.2. The highest BCUT2D eigenvalue weighted by molar-refractivity contribution is 7.92. The fraction of sp³-hybridized carbons (Fsp3) is 0.273. The Kier molecular flexibility index (Phi) is 9.09. The second-order valence-corrected chi connectivity index (χ2v) is 13.7. The van der Waals surface area contributed by atoms with Crippen LogP contribution in [0.25, 0.3) is 11.1 Å². The van der Waals surface area contributed by atoms with Gasteiger partial charge in [-0.2, -0.15) is 0 Å². The van der Waals surface area contributed by atoms with Crippen LogP contribution in [0, 0.1) is 0 Å². The first kappa shape index (κ1) is 30.4. The number of amides is 1. The molecule has 1 atom stereocenters. The van der Waals surface area contributed by atoms with E-state index in [1.807, 2.05) is 60.7 Å². The number of sulfonamides is 1. The summed E-state index contributed by atoms with van der Waals surface area (Å²) in [6, 6.07) is 25.2. The molecule has 0 spiro atoms. The Bertz CT molecular complexity index is 1750. The summed E-state index contributed by atoms with van der Waals surface area (Å²) >= 11 is 12.3. The molecule has 1 fully saturated rings. The number of anilines is 2. The van der Waals surface area contributed by atoms with E-state index in [2.05, 4.69) is 20.1 Å². The smallest absolute Gasteiger partial charge is 0.239 e. The van der Waals surface area contributed by atoms with Crippen LogP contribution in [0.5, 0.6) is 0 Å². The molecule has 4 aromatic rings. The standard InChI is InChI=1S/C33H33Cl2N5O3S/c34-28-13-12-24(21-29(28)35)23-44(42,43)40-30-10-4-3-8-26(30)25-7-1-2-9-27(25)31(40)22-33(41)37-15-16-38-17-19-39(20-18-38)32-11-5-6-14-36-32/h1-14,21,31H,15-20,22-23H2,(H,37,41). The predicted octanol–water partition coefficient (Wildman–Crippen LogP) is 5.78. The first-order valence-corrected chi connectivity index (χ1v) is 17.0. The van der Waals surface area contributed by atoms with Gasteiger partial charge in [-0.05, 0) is 47.0 Å². The first-order valence-electron chi connectivity index (χ1n) is 14.6. The van der Waals surface area contributed by atoms with Crippen LogP contribution in [0.15, 0.2) is 91.1 Å². The first-order chi connectivity index (χ1) is 21.3. The number of pyridine rings is 1. The van der Waals surface area contributed by atoms with Gasteiger partial charge in [0.25, 0.3) is 0 Å². The molecule has 3 aromatic carbocycles. The molecule has 0 aliphatic carbocycles. The highest BCUT2D eigenvalue weighted by Crippen LogP contribution is 2.47. The number of nitrogens with one attached hydrogen (secondary N) is 1. The Balaban J connectivity index is 1.17. The van der Waals surface area contributed by atoms with Crippen molar-refractivity contribution in [1.29, 1.82) is 0 Å². The Morgan fingerprint density at radius 2 is 1.59 bits per heavy atom. The number of aromatic nitrogens is 1. The number of piperazine rings is 1. The quantitative estimate of drug-likeness (QED) is 0.248. The van der Waals surface area contributed by atoms with Gasteiger partial charge in [0.15, 0.2) is 0 Å². The minimum Gasteiger partial charge on any atom is -0.355 e. The van der Waals surface area contributed by atoms with Gasteiger partial charge in [-0.3, -0.25) is 14.0 Å². The molecular formula is C33H33Cl2N5O3S. The number of hydrogen-bond acceptors (Lipinski definition) is 6. The molecule has 0 bridgehead atoms. The fourth-order valence-electron chi connectivity index (χ4n) is 6.01. The molecule has 1 aromatic heterocycles. The lowest BCUT2D eigenvalue weighted by atomic mass is 9.88. The molecule has 2 aliphatic rings. The van der Waals surface area contributed by atoms with E-state index in [4.69, 9.17) is 23.2 Å². The number of hydrogen-bond donors (Lipinski definition) is 1. The molecule has 11 heteroatoms. The maximum atomic E-state index is 14.2. The van der Waals surface area contributed by atoms with E-state index in [1.54, 1.807) is 30.5 Å². The zero-order valence-corrected chi connectivity index (χ0v) is 26.4. The maximum Gasteiger partial charge on any atom is 0.239 e. The molecular weight excluding hydrogens is 617 g/mol. The van der Waals surface area contributed by atoms with E-state index >= 15 is 0 Å². The number of para-hydroxylation sites is 1. The Hall–Kier alpha value is -3.63. The summed E-state index contributed by atoms with van der Waals surface area (Å²) in [5, 5.41) is 3.70. The van der Waals surface area contributed by atoms with E-state index in [1.165, 1.54) is 4.31 Å². The minimum absolute atomic E-state index is 0.0145. The van der Waals surface area contributed by atoms with Gasteiger partial charge in [0.1, 0.15) is 5.82 Å². The number of halogens is 2. The average molecular weight is 651 g/mol. The third kappa shape index (κ3) is 6.56. The second-order valence-electron chi connectivity index (χ2n) is 11.0. The molecule has 44 heavy (non-hydrogen) atoms. The highest BCUT2D eigenvalue weighted by Gasteiger charge is 2.39. The molecule has 1 unspecified atom stereocenters. The number of carbonyl (C=O) groups is 1. The van der Waals surface area contributed by atoms with Gasteiger partial charge >= 0.3 is 0 Å². The molecule has 3 heterocycles. The lowest BCUT2D eigenvalue weighted by molar-refractivity contribution is -0.121. The molecule has 6 rings (SSSR count). The zero-order chi connectivity index (χ0) is 30.7. The Labute approximate surface area is 268 Å². The van der Waals surface area contributed by atoms with Gasteiger partial charge in [-0.25, -0.2) is 13.4 Å². The van der Waals surface area contributed by atoms with Gasteiger partial charge in [-0.1, -0.05) is 77.8 Å². The fourth-order valence-corrected chi connectivity index (χ4v) is 8.10. The van der Waals surface area contributed by atoms with E-state index in [0.717, 1.165) is 48.7 Å². The van der Waals surface area contributed by atoms with Crippen LogP contribution in [0.1, 0.15) is 23.6 Å². The summed E-state index contributed by atoms with van der Waals surface area (Å²) in [5.41, 5.74) is 3.59. The van der Waals surface area contributed by atoms with Crippen molar-refractivity contribution in [2.24, 2.45) is 0 Å². The van der Waals surface area contributed by atoms with Gasteiger partial charge in [0.2, 0.25) is 15.9 Å². The van der Waals surface area contributed by atoms with Gasteiger partial charge in [0, 0.05) is 51.0 Å². The summed E-state index contributed by atoms with van der Waals surface area (Å²) in [4.78, 5) is 22.5. The molecule has 8 nitrogen and oxygen atoms in total. The van der Waals surface area contributed by atoms with Gasteiger partial charge in [0.05, 0.1) is 33.9 Å². The summed E-state index contributed by atoms with van der Waals surface area (Å²) in [5.74, 6) is 0.489. The third-order valence-corrected chi connectivity index (χ3v) is 10.6. The molecule has 1 N–H and O–H groups in total. The van der Waals surface area contributed by atoms with Crippen molar-refractivity contribution >= 4 is 50.6 Å². The molecule has 2 aliphatic heterocycles. The predicted molar refractivity (Wildman–Crippen MR) is 177 cm³/mol. The van der Waals surface area contributed by atoms with E-state index in [9.17, 15) is 13.2 Å². The van der Waals surface area contributed by atoms with E-state index < -0.39 is 16.1 Å². The van der Waals surface area contributed by atoms with Crippen LogP contribution in [-0.2, 0) is 20.6 Å². The summed E-state index contributed by atoms with van der Waals surface area (Å²) in [6.45, 7) is 4.68. The van der Waals surface area contributed by atoms with Crippen LogP contribution in [-0.4, -0.2) is 63.5 Å². The van der Waals surface area contributed by atoms with Crippen molar-refractivity contribution in [3.05, 3.63) is 112 Å². The van der Waals surface area contributed by atoms with E-state index in [-0.39, 0.29) is 23.1 Å². The monoisotopic (exact) mass is 649 g/mol. The largest absolute Gasteiger partial charge is 0.355 e. The van der Waals surface area contributed by atoms with Crippen LogP contribution in [0.3, 0.4) is 0 Å². The number of nitrogens with zero attached hydrogens (tertiary/aromatic N) is 4. The van der Waals surface area contributed by atoms with Crippen LogP contribution in [0.4, 0.5) is 11.5 Å². The zero-order valence-electron chi connectivity index (χ0n) is 24.1. The normalized spacial score (nSPS) is 16.7. The number of benzene rings is 3. The average Bonchev–Trinajstić information content (AvgIpc) is 3.03. The topological polar surface area (TPSA) is 85.8 Å². The molecule has 228 valence electrons. The lowest BCUT2D eigenvalue weighted by Gasteiger charge is -2.39. The van der Waals surface area contributed by atoms with Crippen LogP contribution in [0.2, 0.25) is 10.0 Å². The molecule has 1 saturated heterocycles. The van der Waals surface area contributed by atoms with Gasteiger partial charge in [-0.15, -0.1) is 0 Å². The molecule has 1 amide bonds. The minimum atomic E-state index is -3.95. The SMILES string of the molecule is O=C(CC1c2ccccc2-c2ccccc2N1S(=O)(=O)Cc1ccc(Cl)c(Cl)c1)NCCN1CCN(c2ccccn2)CC1. The van der Waals surface area contributed by atoms with Crippen molar-refractivity contribution in [3.8, 4) is 11.1 Å². The summed E-state index contributed by atoms with van der Waals surface area (Å²) in [6.07, 6.45) is 1.79. The van der Waals surface area contributed by atoms with E-state index in [0.29, 0.717) is 29.4 Å². The lowest BCUT2D eigenvalue weighted by Crippen LogP contribution is -2.49. The van der Waals surface area contributed by atoms with Gasteiger partial charge < -0.3 is 10.2 Å². The Morgan fingerprint density at radius 3 is 2.34 bits per heavy atom. The van der Waals surface area contributed by atoms with Crippen molar-refractivity contribution < 1.29 is 13.2 Å².